The first kappa shape index (κ1) is 38.9. The van der Waals surface area contributed by atoms with Crippen LogP contribution in [0.4, 0.5) is 0 Å². The van der Waals surface area contributed by atoms with E-state index in [1.807, 2.05) is 0 Å². The fourth-order valence-corrected chi connectivity index (χ4v) is 10.6. The Morgan fingerprint density at radius 3 is 2.42 bits per heavy atom. The Kier molecular flexibility index (Phi) is 12.9. The maximum atomic E-state index is 12.8. The van der Waals surface area contributed by atoms with Gasteiger partial charge in [-0.05, 0) is 112 Å². The molecular formula is C40H69N3O5. The SMILES string of the molecule is CC(C)CCC[C@@H](C)[C@H]1CCC2C3CC=C4CC(OC(=O)CCNC(=O)CC(N)C(CN)C(=O)OC(C)(C)C)CC[C@]4(C)C3CC[C@@]21C. The molecule has 0 bridgehead atoms. The van der Waals surface area contributed by atoms with E-state index in [1.165, 1.54) is 56.9 Å². The summed E-state index contributed by atoms with van der Waals surface area (Å²) in [6, 6.07) is -0.771. The lowest BCUT2D eigenvalue weighted by molar-refractivity contribution is -0.160. The average molecular weight is 672 g/mol. The Morgan fingerprint density at radius 1 is 1.02 bits per heavy atom. The molecule has 3 saturated carbocycles. The molecule has 3 fully saturated rings. The number of fused-ring (bicyclic) bond motifs is 5. The van der Waals surface area contributed by atoms with Gasteiger partial charge in [0.2, 0.25) is 5.91 Å². The highest BCUT2D eigenvalue weighted by molar-refractivity contribution is 5.80. The van der Waals surface area contributed by atoms with Crippen LogP contribution in [-0.4, -0.2) is 48.7 Å². The van der Waals surface area contributed by atoms with Gasteiger partial charge in [0, 0.05) is 32.0 Å². The first-order valence-corrected chi connectivity index (χ1v) is 19.3. The van der Waals surface area contributed by atoms with Crippen molar-refractivity contribution in [1.29, 1.82) is 0 Å². The van der Waals surface area contributed by atoms with Gasteiger partial charge in [-0.25, -0.2) is 0 Å². The lowest BCUT2D eigenvalue weighted by atomic mass is 9.47. The summed E-state index contributed by atoms with van der Waals surface area (Å²) in [5.41, 5.74) is 13.4. The van der Waals surface area contributed by atoms with Gasteiger partial charge in [-0.1, -0.05) is 65.5 Å². The fraction of sp³-hybridized carbons (Fsp3) is 0.875. The Labute approximate surface area is 291 Å². The number of rotatable bonds is 14. The number of allylic oxidation sites excluding steroid dienone is 1. The molecule has 4 aliphatic carbocycles. The molecule has 0 aromatic rings. The standard InChI is InChI=1S/C40H69N3O5/c1-25(2)10-9-11-26(3)31-14-15-32-29-13-12-27-22-28(16-19-39(27,7)33(29)17-20-40(31,32)8)47-36(45)18-21-43-35(44)23-34(42)30(24-41)37(46)48-38(4,5)6/h12,25-26,28-34H,9-11,13-24,41-42H2,1-8H3,(H,43,44)/t26-,28?,29?,30?,31-,32?,33?,34?,39+,40-/m1/s1. The zero-order valence-electron chi connectivity index (χ0n) is 31.6. The van der Waals surface area contributed by atoms with E-state index in [9.17, 15) is 14.4 Å². The van der Waals surface area contributed by atoms with Crippen LogP contribution in [0.3, 0.4) is 0 Å². The highest BCUT2D eigenvalue weighted by Gasteiger charge is 2.59. The van der Waals surface area contributed by atoms with Gasteiger partial charge in [0.1, 0.15) is 11.7 Å². The summed E-state index contributed by atoms with van der Waals surface area (Å²) in [7, 11) is 0. The Balaban J connectivity index is 1.24. The van der Waals surface area contributed by atoms with Gasteiger partial charge >= 0.3 is 11.9 Å². The van der Waals surface area contributed by atoms with Crippen molar-refractivity contribution < 1.29 is 23.9 Å². The number of nitrogens with two attached hydrogens (primary N) is 2. The van der Waals surface area contributed by atoms with Gasteiger partial charge in [0.05, 0.1) is 12.3 Å². The van der Waals surface area contributed by atoms with Crippen molar-refractivity contribution in [3.63, 3.8) is 0 Å². The monoisotopic (exact) mass is 672 g/mol. The Hall–Kier alpha value is -1.93. The normalized spacial score (nSPS) is 33.4. The Morgan fingerprint density at radius 2 is 1.75 bits per heavy atom. The van der Waals surface area contributed by atoms with Crippen molar-refractivity contribution >= 4 is 17.8 Å². The molecule has 0 aromatic heterocycles. The predicted molar refractivity (Wildman–Crippen MR) is 192 cm³/mol. The van der Waals surface area contributed by atoms with E-state index >= 15 is 0 Å². The first-order chi connectivity index (χ1) is 22.5. The second kappa shape index (κ2) is 16.0. The number of hydrogen-bond acceptors (Lipinski definition) is 7. The first-order valence-electron chi connectivity index (χ1n) is 19.3. The molecule has 274 valence electrons. The van der Waals surface area contributed by atoms with Crippen LogP contribution in [-0.2, 0) is 23.9 Å². The van der Waals surface area contributed by atoms with Crippen LogP contribution in [0.25, 0.3) is 0 Å². The van der Waals surface area contributed by atoms with E-state index < -0.39 is 23.5 Å². The minimum atomic E-state index is -0.775. The molecule has 10 atom stereocenters. The molecule has 4 rings (SSSR count). The number of hydrogen-bond donors (Lipinski definition) is 3. The molecule has 8 nitrogen and oxygen atoms in total. The number of amides is 1. The van der Waals surface area contributed by atoms with E-state index in [0.717, 1.165) is 54.8 Å². The quantitative estimate of drug-likeness (QED) is 0.133. The van der Waals surface area contributed by atoms with Gasteiger partial charge < -0.3 is 26.3 Å². The summed E-state index contributed by atoms with van der Waals surface area (Å²) in [5, 5.41) is 2.75. The topological polar surface area (TPSA) is 134 Å². The minimum Gasteiger partial charge on any atom is -0.462 e. The molecule has 0 saturated heterocycles. The lowest BCUT2D eigenvalue weighted by Gasteiger charge is -2.58. The third-order valence-electron chi connectivity index (χ3n) is 13.1. The van der Waals surface area contributed by atoms with Gasteiger partial charge in [-0.15, -0.1) is 0 Å². The predicted octanol–water partition coefficient (Wildman–Crippen LogP) is 7.08. The van der Waals surface area contributed by atoms with Crippen LogP contribution in [0.15, 0.2) is 11.6 Å². The Bertz CT molecular complexity index is 1160. The zero-order chi connectivity index (χ0) is 35.4. The number of nitrogens with one attached hydrogen (secondary N) is 1. The third kappa shape index (κ3) is 9.04. The highest BCUT2D eigenvalue weighted by Crippen LogP contribution is 2.67. The van der Waals surface area contributed by atoms with E-state index in [1.54, 1.807) is 20.8 Å². The third-order valence-corrected chi connectivity index (χ3v) is 13.1. The molecule has 0 radical (unpaired) electrons. The molecule has 4 aliphatic rings. The van der Waals surface area contributed by atoms with E-state index in [2.05, 4.69) is 46.0 Å². The molecule has 0 spiro atoms. The van der Waals surface area contributed by atoms with Crippen LogP contribution in [0.2, 0.25) is 0 Å². The smallest absolute Gasteiger partial charge is 0.312 e. The van der Waals surface area contributed by atoms with Crippen molar-refractivity contribution in [2.45, 2.75) is 157 Å². The van der Waals surface area contributed by atoms with Crippen molar-refractivity contribution in [3.05, 3.63) is 11.6 Å². The molecule has 0 aliphatic heterocycles. The van der Waals surface area contributed by atoms with E-state index in [-0.39, 0.29) is 49.3 Å². The lowest BCUT2D eigenvalue weighted by Crippen LogP contribution is -2.51. The molecule has 6 unspecified atom stereocenters. The number of carbonyl (C=O) groups is 3. The zero-order valence-corrected chi connectivity index (χ0v) is 31.6. The molecule has 5 N–H and O–H groups in total. The van der Waals surface area contributed by atoms with Crippen molar-refractivity contribution in [2.24, 2.45) is 63.7 Å². The van der Waals surface area contributed by atoms with Gasteiger partial charge in [-0.2, -0.15) is 0 Å². The van der Waals surface area contributed by atoms with E-state index in [4.69, 9.17) is 20.9 Å². The van der Waals surface area contributed by atoms with Crippen LogP contribution < -0.4 is 16.8 Å². The van der Waals surface area contributed by atoms with E-state index in [0.29, 0.717) is 5.41 Å². The summed E-state index contributed by atoms with van der Waals surface area (Å²) in [5.74, 6) is 2.94. The van der Waals surface area contributed by atoms with Crippen LogP contribution in [0.1, 0.15) is 139 Å². The molecule has 0 heterocycles. The van der Waals surface area contributed by atoms with Crippen molar-refractivity contribution in [2.75, 3.05) is 13.1 Å². The number of ether oxygens (including phenoxy) is 2. The summed E-state index contributed by atoms with van der Waals surface area (Å²) in [6.07, 6.45) is 16.0. The van der Waals surface area contributed by atoms with Crippen molar-refractivity contribution in [1.82, 2.24) is 5.32 Å². The molecule has 8 heteroatoms. The fourth-order valence-electron chi connectivity index (χ4n) is 10.6. The largest absolute Gasteiger partial charge is 0.462 e. The van der Waals surface area contributed by atoms with Gasteiger partial charge in [0.25, 0.3) is 0 Å². The molecule has 0 aromatic carbocycles. The summed E-state index contributed by atoms with van der Waals surface area (Å²) < 4.78 is 11.4. The minimum absolute atomic E-state index is 0.00760. The summed E-state index contributed by atoms with van der Waals surface area (Å²) >= 11 is 0. The second-order valence-electron chi connectivity index (χ2n) is 18.0. The molecule has 1 amide bonds. The highest BCUT2D eigenvalue weighted by atomic mass is 16.6. The van der Waals surface area contributed by atoms with Crippen LogP contribution in [0, 0.1) is 52.3 Å². The maximum absolute atomic E-state index is 12.8. The summed E-state index contributed by atoms with van der Waals surface area (Å²) in [6.45, 7) is 17.9. The number of esters is 2. The maximum Gasteiger partial charge on any atom is 0.312 e. The number of carbonyl (C=O) groups excluding carboxylic acids is 3. The average Bonchev–Trinajstić information content (AvgIpc) is 3.34. The van der Waals surface area contributed by atoms with Crippen LogP contribution >= 0.6 is 0 Å². The van der Waals surface area contributed by atoms with Gasteiger partial charge in [-0.3, -0.25) is 14.4 Å². The van der Waals surface area contributed by atoms with Crippen LogP contribution in [0.5, 0.6) is 0 Å². The second-order valence-corrected chi connectivity index (χ2v) is 18.0. The van der Waals surface area contributed by atoms with Crippen molar-refractivity contribution in [3.8, 4) is 0 Å². The summed E-state index contributed by atoms with van der Waals surface area (Å²) in [4.78, 5) is 37.8. The molecule has 48 heavy (non-hydrogen) atoms. The van der Waals surface area contributed by atoms with Gasteiger partial charge in [0.15, 0.2) is 0 Å². The molecular weight excluding hydrogens is 602 g/mol.